The number of rotatable bonds is 5. The maximum absolute atomic E-state index is 9.26. The molecule has 2 rings (SSSR count). The summed E-state index contributed by atoms with van der Waals surface area (Å²) in [5.74, 6) is 0.941. The van der Waals surface area contributed by atoms with Crippen molar-refractivity contribution in [3.05, 3.63) is 59.3 Å². The summed E-state index contributed by atoms with van der Waals surface area (Å²) >= 11 is 1.45. The van der Waals surface area contributed by atoms with E-state index in [-0.39, 0.29) is 5.82 Å². The first-order valence-electron chi connectivity index (χ1n) is 6.49. The van der Waals surface area contributed by atoms with Crippen LogP contribution in [0, 0.1) is 18.3 Å². The summed E-state index contributed by atoms with van der Waals surface area (Å²) in [6.07, 6.45) is 2.35. The van der Waals surface area contributed by atoms with Crippen LogP contribution >= 0.6 is 11.8 Å². The number of aromatic nitrogens is 2. The molecule has 0 radical (unpaired) electrons. The predicted molar refractivity (Wildman–Crippen MR) is 86.1 cm³/mol. The molecule has 0 amide bonds. The minimum Gasteiger partial charge on any atom is -0.382 e. The average molecular weight is 296 g/mol. The minimum atomic E-state index is 0.237. The summed E-state index contributed by atoms with van der Waals surface area (Å²) in [4.78, 5) is 8.62. The third-order valence-electron chi connectivity index (χ3n) is 2.93. The normalized spacial score (nSPS) is 10.1. The fourth-order valence-corrected chi connectivity index (χ4v) is 2.45. The number of benzene rings is 1. The van der Waals surface area contributed by atoms with Crippen LogP contribution < -0.4 is 5.73 Å². The van der Waals surface area contributed by atoms with Crippen LogP contribution in [0.2, 0.25) is 0 Å². The highest BCUT2D eigenvalue weighted by Crippen LogP contribution is 2.21. The minimum absolute atomic E-state index is 0.237. The first-order chi connectivity index (χ1) is 10.1. The van der Waals surface area contributed by atoms with E-state index in [0.29, 0.717) is 28.6 Å². The van der Waals surface area contributed by atoms with Crippen molar-refractivity contribution in [2.24, 2.45) is 0 Å². The third kappa shape index (κ3) is 3.83. The molecule has 0 bridgehead atoms. The molecule has 0 aliphatic carbocycles. The zero-order valence-corrected chi connectivity index (χ0v) is 12.7. The Kier molecular flexibility index (Phi) is 4.96. The zero-order chi connectivity index (χ0) is 15.2. The lowest BCUT2D eigenvalue weighted by Crippen LogP contribution is -2.06. The van der Waals surface area contributed by atoms with E-state index >= 15 is 0 Å². The Morgan fingerprint density at radius 3 is 2.67 bits per heavy atom. The Morgan fingerprint density at radius 1 is 1.33 bits per heavy atom. The number of nitriles is 1. The van der Waals surface area contributed by atoms with E-state index in [1.54, 1.807) is 6.08 Å². The van der Waals surface area contributed by atoms with Gasteiger partial charge < -0.3 is 5.73 Å². The van der Waals surface area contributed by atoms with E-state index in [4.69, 9.17) is 5.73 Å². The molecular weight excluding hydrogens is 280 g/mol. The Morgan fingerprint density at radius 2 is 2.05 bits per heavy atom. The molecule has 0 aliphatic rings. The van der Waals surface area contributed by atoms with Crippen molar-refractivity contribution < 1.29 is 0 Å². The number of thioether (sulfide) groups is 1. The SMILES string of the molecule is C=CCSc1nc(N)c(C#N)c(Cc2ccc(C)cc2)n1. The Hall–Kier alpha value is -2.32. The second-order valence-corrected chi connectivity index (χ2v) is 5.57. The topological polar surface area (TPSA) is 75.6 Å². The highest BCUT2D eigenvalue weighted by atomic mass is 32.2. The number of nitrogens with zero attached hydrogens (tertiary/aromatic N) is 3. The molecule has 0 aliphatic heterocycles. The van der Waals surface area contributed by atoms with Gasteiger partial charge in [0.2, 0.25) is 0 Å². The van der Waals surface area contributed by atoms with Gasteiger partial charge >= 0.3 is 0 Å². The van der Waals surface area contributed by atoms with Crippen molar-refractivity contribution in [1.29, 1.82) is 5.26 Å². The molecular formula is C16H16N4S. The summed E-state index contributed by atoms with van der Waals surface area (Å²) < 4.78 is 0. The van der Waals surface area contributed by atoms with Crippen LogP contribution in [-0.4, -0.2) is 15.7 Å². The molecule has 1 aromatic carbocycles. The molecule has 0 spiro atoms. The largest absolute Gasteiger partial charge is 0.382 e. The maximum atomic E-state index is 9.26. The summed E-state index contributed by atoms with van der Waals surface area (Å²) in [6.45, 7) is 5.71. The fraction of sp³-hybridized carbons (Fsp3) is 0.188. The van der Waals surface area contributed by atoms with Gasteiger partial charge in [0.15, 0.2) is 5.16 Å². The number of anilines is 1. The molecule has 0 saturated carbocycles. The summed E-state index contributed by atoms with van der Waals surface area (Å²) in [6, 6.07) is 10.2. The molecule has 4 nitrogen and oxygen atoms in total. The van der Waals surface area contributed by atoms with E-state index in [9.17, 15) is 5.26 Å². The molecule has 0 unspecified atom stereocenters. The first kappa shape index (κ1) is 15.1. The predicted octanol–water partition coefficient (Wildman–Crippen LogP) is 3.11. The van der Waals surface area contributed by atoms with Crippen LogP contribution in [0.25, 0.3) is 0 Å². The van der Waals surface area contributed by atoms with Gasteiger partial charge in [-0.3, -0.25) is 0 Å². The molecule has 1 aromatic heterocycles. The van der Waals surface area contributed by atoms with Crippen molar-refractivity contribution in [2.75, 3.05) is 11.5 Å². The quantitative estimate of drug-likeness (QED) is 0.521. The standard InChI is InChI=1S/C16H16N4S/c1-3-8-21-16-19-14(13(10-17)15(18)20-16)9-12-6-4-11(2)5-7-12/h3-7H,1,8-9H2,2H3,(H2,18,19,20). The number of nitrogens with two attached hydrogens (primary N) is 1. The molecule has 2 aromatic rings. The van der Waals surface area contributed by atoms with E-state index in [1.807, 2.05) is 31.2 Å². The van der Waals surface area contributed by atoms with E-state index < -0.39 is 0 Å². The number of aryl methyl sites for hydroxylation is 1. The highest BCUT2D eigenvalue weighted by Gasteiger charge is 2.13. The molecule has 2 N–H and O–H groups in total. The fourth-order valence-electron chi connectivity index (χ4n) is 1.85. The van der Waals surface area contributed by atoms with Gasteiger partial charge in [-0.15, -0.1) is 6.58 Å². The number of hydrogen-bond donors (Lipinski definition) is 1. The second-order valence-electron chi connectivity index (χ2n) is 4.59. The molecule has 0 atom stereocenters. The molecule has 106 valence electrons. The van der Waals surface area contributed by atoms with Crippen molar-refractivity contribution >= 4 is 17.6 Å². The van der Waals surface area contributed by atoms with Crippen molar-refractivity contribution in [3.63, 3.8) is 0 Å². The lowest BCUT2D eigenvalue weighted by Gasteiger charge is -2.08. The van der Waals surface area contributed by atoms with Crippen LogP contribution in [0.1, 0.15) is 22.4 Å². The Bertz CT molecular complexity index is 687. The van der Waals surface area contributed by atoms with Crippen LogP contribution in [0.4, 0.5) is 5.82 Å². The van der Waals surface area contributed by atoms with Gasteiger partial charge in [0.1, 0.15) is 17.5 Å². The van der Waals surface area contributed by atoms with Gasteiger partial charge in [-0.25, -0.2) is 9.97 Å². The van der Waals surface area contributed by atoms with Crippen molar-refractivity contribution in [2.45, 2.75) is 18.5 Å². The lowest BCUT2D eigenvalue weighted by molar-refractivity contribution is 0.903. The molecule has 1 heterocycles. The van der Waals surface area contributed by atoms with Crippen LogP contribution in [0.5, 0.6) is 0 Å². The van der Waals surface area contributed by atoms with Gasteiger partial charge in [0.25, 0.3) is 0 Å². The van der Waals surface area contributed by atoms with Crippen LogP contribution in [0.3, 0.4) is 0 Å². The summed E-state index contributed by atoms with van der Waals surface area (Å²) in [5, 5.41) is 9.83. The molecule has 21 heavy (non-hydrogen) atoms. The van der Waals surface area contributed by atoms with Gasteiger partial charge in [-0.1, -0.05) is 47.7 Å². The van der Waals surface area contributed by atoms with Crippen LogP contribution in [-0.2, 0) is 6.42 Å². The monoisotopic (exact) mass is 296 g/mol. The lowest BCUT2D eigenvalue weighted by atomic mass is 10.0. The third-order valence-corrected chi connectivity index (χ3v) is 3.77. The van der Waals surface area contributed by atoms with E-state index in [1.165, 1.54) is 17.3 Å². The van der Waals surface area contributed by atoms with Gasteiger partial charge in [-0.05, 0) is 12.5 Å². The molecule has 0 fully saturated rings. The number of hydrogen-bond acceptors (Lipinski definition) is 5. The van der Waals surface area contributed by atoms with Crippen LogP contribution in [0.15, 0.2) is 42.1 Å². The Labute approximate surface area is 128 Å². The maximum Gasteiger partial charge on any atom is 0.190 e. The molecule has 0 saturated heterocycles. The number of nitrogen functional groups attached to an aromatic ring is 1. The smallest absolute Gasteiger partial charge is 0.190 e. The first-order valence-corrected chi connectivity index (χ1v) is 7.48. The van der Waals surface area contributed by atoms with Gasteiger partial charge in [0, 0.05) is 12.2 Å². The average Bonchev–Trinajstić information content (AvgIpc) is 2.47. The van der Waals surface area contributed by atoms with Gasteiger partial charge in [0.05, 0.1) is 5.69 Å². The summed E-state index contributed by atoms with van der Waals surface area (Å²) in [5.41, 5.74) is 9.19. The van der Waals surface area contributed by atoms with Crippen molar-refractivity contribution in [3.8, 4) is 6.07 Å². The van der Waals surface area contributed by atoms with Crippen molar-refractivity contribution in [1.82, 2.24) is 9.97 Å². The zero-order valence-electron chi connectivity index (χ0n) is 11.8. The molecule has 5 heteroatoms. The van der Waals surface area contributed by atoms with Gasteiger partial charge in [-0.2, -0.15) is 5.26 Å². The van der Waals surface area contributed by atoms with E-state index in [0.717, 1.165) is 5.56 Å². The second kappa shape index (κ2) is 6.91. The highest BCUT2D eigenvalue weighted by molar-refractivity contribution is 7.99. The Balaban J connectivity index is 2.35. The van der Waals surface area contributed by atoms with E-state index in [2.05, 4.69) is 22.6 Å². The summed E-state index contributed by atoms with van der Waals surface area (Å²) in [7, 11) is 0.